The molecule has 134 valence electrons. The number of nitrogens with zero attached hydrogens (tertiary/aromatic N) is 3. The summed E-state index contributed by atoms with van der Waals surface area (Å²) in [6.07, 6.45) is 9.58. The lowest BCUT2D eigenvalue weighted by molar-refractivity contribution is 0.249. The molecule has 2 aliphatic heterocycles. The van der Waals surface area contributed by atoms with Crippen molar-refractivity contribution in [2.75, 3.05) is 39.3 Å². The normalized spacial score (nSPS) is 28.2. The van der Waals surface area contributed by atoms with E-state index in [-0.39, 0.29) is 24.0 Å². The first-order valence-corrected chi connectivity index (χ1v) is 9.47. The smallest absolute Gasteiger partial charge is 0.193 e. The van der Waals surface area contributed by atoms with E-state index >= 15 is 0 Å². The van der Waals surface area contributed by atoms with Crippen LogP contribution in [0.4, 0.5) is 0 Å². The molecule has 4 nitrogen and oxygen atoms in total. The predicted molar refractivity (Wildman–Crippen MR) is 109 cm³/mol. The lowest BCUT2D eigenvalue weighted by atomic mass is 9.89. The third-order valence-corrected chi connectivity index (χ3v) is 5.88. The standard InChI is InChI=1S/C18H34N4.HI/c1-3-19-17(20-15-18(2)9-4-5-10-18)22-13-8-16(14-22)21-11-6-7-12-21;/h16H,3-15H2,1-2H3,(H,19,20);1H. The topological polar surface area (TPSA) is 30.9 Å². The molecule has 0 aromatic heterocycles. The average molecular weight is 434 g/mol. The highest BCUT2D eigenvalue weighted by Crippen LogP contribution is 2.37. The number of halogens is 1. The molecule has 23 heavy (non-hydrogen) atoms. The lowest BCUT2D eigenvalue weighted by Gasteiger charge is -2.27. The van der Waals surface area contributed by atoms with E-state index in [0.717, 1.165) is 25.1 Å². The molecule has 3 aliphatic rings. The maximum Gasteiger partial charge on any atom is 0.193 e. The second-order valence-corrected chi connectivity index (χ2v) is 7.82. The Morgan fingerprint density at radius 3 is 2.48 bits per heavy atom. The molecule has 0 aromatic rings. The highest BCUT2D eigenvalue weighted by atomic mass is 127. The first-order valence-electron chi connectivity index (χ1n) is 9.47. The number of aliphatic imine (C=N–C) groups is 1. The van der Waals surface area contributed by atoms with Gasteiger partial charge >= 0.3 is 0 Å². The van der Waals surface area contributed by atoms with E-state index in [1.54, 1.807) is 0 Å². The number of hydrogen-bond donors (Lipinski definition) is 1. The summed E-state index contributed by atoms with van der Waals surface area (Å²) in [5, 5.41) is 3.53. The van der Waals surface area contributed by atoms with Gasteiger partial charge in [0.15, 0.2) is 5.96 Å². The number of nitrogens with one attached hydrogen (secondary N) is 1. The van der Waals surface area contributed by atoms with Gasteiger partial charge in [-0.1, -0.05) is 19.8 Å². The Morgan fingerprint density at radius 2 is 1.83 bits per heavy atom. The van der Waals surface area contributed by atoms with Crippen molar-refractivity contribution >= 4 is 29.9 Å². The summed E-state index contributed by atoms with van der Waals surface area (Å²) in [4.78, 5) is 10.2. The summed E-state index contributed by atoms with van der Waals surface area (Å²) in [5.74, 6) is 1.16. The summed E-state index contributed by atoms with van der Waals surface area (Å²) in [6, 6.07) is 0.758. The SMILES string of the molecule is CCNC(=NCC1(C)CCCC1)N1CCC(N2CCCC2)C1.I. The first-order chi connectivity index (χ1) is 10.7. The third-order valence-electron chi connectivity index (χ3n) is 5.88. The highest BCUT2D eigenvalue weighted by Gasteiger charge is 2.32. The van der Waals surface area contributed by atoms with E-state index in [0.29, 0.717) is 5.41 Å². The van der Waals surface area contributed by atoms with Crippen molar-refractivity contribution in [2.24, 2.45) is 10.4 Å². The maximum absolute atomic E-state index is 5.02. The van der Waals surface area contributed by atoms with Gasteiger partial charge in [0, 0.05) is 32.2 Å². The monoisotopic (exact) mass is 434 g/mol. The Bertz CT molecular complexity index is 386. The lowest BCUT2D eigenvalue weighted by Crippen LogP contribution is -2.43. The van der Waals surface area contributed by atoms with Crippen LogP contribution in [0.25, 0.3) is 0 Å². The van der Waals surface area contributed by atoms with Crippen LogP contribution in [0, 0.1) is 5.41 Å². The van der Waals surface area contributed by atoms with E-state index in [2.05, 4.69) is 29.0 Å². The van der Waals surface area contributed by atoms with Crippen LogP contribution in [-0.4, -0.2) is 61.1 Å². The van der Waals surface area contributed by atoms with Crippen LogP contribution in [0.5, 0.6) is 0 Å². The molecule has 0 aromatic carbocycles. The molecular weight excluding hydrogens is 399 g/mol. The minimum absolute atomic E-state index is 0. The largest absolute Gasteiger partial charge is 0.357 e. The molecule has 0 amide bonds. The number of hydrogen-bond acceptors (Lipinski definition) is 2. The number of guanidine groups is 1. The minimum Gasteiger partial charge on any atom is -0.357 e. The summed E-state index contributed by atoms with van der Waals surface area (Å²) in [6.45, 7) is 11.5. The van der Waals surface area contributed by atoms with Crippen molar-refractivity contribution in [3.05, 3.63) is 0 Å². The predicted octanol–water partition coefficient (Wildman–Crippen LogP) is 3.32. The van der Waals surface area contributed by atoms with Crippen LogP contribution < -0.4 is 5.32 Å². The van der Waals surface area contributed by atoms with Crippen molar-refractivity contribution in [1.29, 1.82) is 0 Å². The van der Waals surface area contributed by atoms with Crippen LogP contribution in [0.3, 0.4) is 0 Å². The van der Waals surface area contributed by atoms with E-state index < -0.39 is 0 Å². The van der Waals surface area contributed by atoms with E-state index in [1.807, 2.05) is 0 Å². The Kier molecular flexibility index (Phi) is 7.45. The molecule has 1 N–H and O–H groups in total. The number of rotatable bonds is 4. The molecule has 3 rings (SSSR count). The zero-order valence-corrected chi connectivity index (χ0v) is 17.3. The number of likely N-dealkylation sites (tertiary alicyclic amines) is 2. The van der Waals surface area contributed by atoms with Crippen molar-refractivity contribution in [1.82, 2.24) is 15.1 Å². The molecule has 2 heterocycles. The van der Waals surface area contributed by atoms with Crippen LogP contribution in [0.2, 0.25) is 0 Å². The van der Waals surface area contributed by atoms with Gasteiger partial charge in [0.05, 0.1) is 0 Å². The van der Waals surface area contributed by atoms with Gasteiger partial charge in [0.1, 0.15) is 0 Å². The van der Waals surface area contributed by atoms with Crippen molar-refractivity contribution in [3.8, 4) is 0 Å². The van der Waals surface area contributed by atoms with Gasteiger partial charge in [-0.05, 0) is 57.5 Å². The Balaban J connectivity index is 0.00000192. The molecule has 1 atom stereocenters. The molecule has 5 heteroatoms. The van der Waals surface area contributed by atoms with Crippen molar-refractivity contribution < 1.29 is 0 Å². The zero-order chi connectivity index (χ0) is 15.4. The van der Waals surface area contributed by atoms with Gasteiger partial charge in [-0.2, -0.15) is 0 Å². The Hall–Kier alpha value is -0.0400. The molecular formula is C18H35IN4. The maximum atomic E-state index is 5.02. The Morgan fingerprint density at radius 1 is 1.13 bits per heavy atom. The molecule has 3 fully saturated rings. The molecule has 1 saturated carbocycles. The molecule has 0 bridgehead atoms. The van der Waals surface area contributed by atoms with Gasteiger partial charge in [-0.15, -0.1) is 24.0 Å². The quantitative estimate of drug-likeness (QED) is 0.419. The van der Waals surface area contributed by atoms with Crippen molar-refractivity contribution in [3.63, 3.8) is 0 Å². The van der Waals surface area contributed by atoms with Crippen molar-refractivity contribution in [2.45, 2.75) is 64.8 Å². The molecule has 1 unspecified atom stereocenters. The Labute approximate surface area is 159 Å². The van der Waals surface area contributed by atoms with Gasteiger partial charge in [-0.25, -0.2) is 0 Å². The van der Waals surface area contributed by atoms with Gasteiger partial charge in [0.2, 0.25) is 0 Å². The highest BCUT2D eigenvalue weighted by molar-refractivity contribution is 14.0. The minimum atomic E-state index is 0. The summed E-state index contributed by atoms with van der Waals surface area (Å²) < 4.78 is 0. The fourth-order valence-corrected chi connectivity index (χ4v) is 4.42. The summed E-state index contributed by atoms with van der Waals surface area (Å²) >= 11 is 0. The van der Waals surface area contributed by atoms with Crippen LogP contribution in [0.15, 0.2) is 4.99 Å². The second kappa shape index (κ2) is 8.88. The summed E-state index contributed by atoms with van der Waals surface area (Å²) in [5.41, 5.74) is 0.453. The van der Waals surface area contributed by atoms with E-state index in [1.165, 1.54) is 71.1 Å². The zero-order valence-electron chi connectivity index (χ0n) is 15.0. The van der Waals surface area contributed by atoms with E-state index in [4.69, 9.17) is 4.99 Å². The molecule has 0 radical (unpaired) electrons. The molecule has 2 saturated heterocycles. The van der Waals surface area contributed by atoms with E-state index in [9.17, 15) is 0 Å². The fourth-order valence-electron chi connectivity index (χ4n) is 4.42. The first kappa shape index (κ1) is 19.3. The average Bonchev–Trinajstić information content (AvgIpc) is 3.24. The summed E-state index contributed by atoms with van der Waals surface area (Å²) in [7, 11) is 0. The van der Waals surface area contributed by atoms with Gasteiger partial charge in [-0.3, -0.25) is 9.89 Å². The molecule has 1 aliphatic carbocycles. The molecule has 0 spiro atoms. The van der Waals surface area contributed by atoms with Crippen LogP contribution in [0.1, 0.15) is 58.8 Å². The fraction of sp³-hybridized carbons (Fsp3) is 0.944. The van der Waals surface area contributed by atoms with Gasteiger partial charge < -0.3 is 10.2 Å². The van der Waals surface area contributed by atoms with Crippen LogP contribution in [-0.2, 0) is 0 Å². The van der Waals surface area contributed by atoms with Crippen LogP contribution >= 0.6 is 24.0 Å². The van der Waals surface area contributed by atoms with Gasteiger partial charge in [0.25, 0.3) is 0 Å². The third kappa shape index (κ3) is 4.97. The second-order valence-electron chi connectivity index (χ2n) is 7.82.